The lowest BCUT2D eigenvalue weighted by molar-refractivity contribution is -0.000456. The predicted octanol–water partition coefficient (Wildman–Crippen LogP) is 1.38. The number of halogens is 4. The zero-order chi connectivity index (χ0) is 13.9. The van der Waals surface area contributed by atoms with Crippen molar-refractivity contribution < 1.29 is 26.7 Å². The molecule has 0 aliphatic heterocycles. The third-order valence-corrected chi connectivity index (χ3v) is 3.71. The second-order valence-corrected chi connectivity index (χ2v) is 5.45. The smallest absolute Gasteiger partial charge is 0.265 e. The van der Waals surface area contributed by atoms with Crippen molar-refractivity contribution in [3.63, 3.8) is 0 Å². The number of sulfonamides is 1. The highest BCUT2D eigenvalue weighted by molar-refractivity contribution is 7.89. The molecule has 0 bridgehead atoms. The zero-order valence-corrected chi connectivity index (χ0v) is 10.4. The van der Waals surface area contributed by atoms with Crippen molar-refractivity contribution in [3.8, 4) is 0 Å². The van der Waals surface area contributed by atoms with Crippen molar-refractivity contribution in [2.24, 2.45) is 0 Å². The maximum absolute atomic E-state index is 13.4. The van der Waals surface area contributed by atoms with Gasteiger partial charge in [-0.1, -0.05) is 17.7 Å². The molecule has 1 rings (SSSR count). The molecule has 0 aliphatic carbocycles. The summed E-state index contributed by atoms with van der Waals surface area (Å²) in [6.07, 6.45) is -5.26. The first-order valence-electron chi connectivity index (χ1n) is 4.65. The van der Waals surface area contributed by atoms with Crippen LogP contribution in [-0.2, 0) is 10.0 Å². The fourth-order valence-electron chi connectivity index (χ4n) is 1.05. The van der Waals surface area contributed by atoms with E-state index in [9.17, 15) is 21.6 Å². The molecule has 0 spiro atoms. The Morgan fingerprint density at radius 3 is 2.56 bits per heavy atom. The second kappa shape index (κ2) is 5.87. The monoisotopic (exact) mass is 303 g/mol. The molecule has 1 aromatic carbocycles. The number of alkyl halides is 2. The van der Waals surface area contributed by atoms with E-state index in [-0.39, 0.29) is 0 Å². The first kappa shape index (κ1) is 15.2. The van der Waals surface area contributed by atoms with Gasteiger partial charge in [0.15, 0.2) is 5.82 Å². The van der Waals surface area contributed by atoms with E-state index in [4.69, 9.17) is 16.7 Å². The van der Waals surface area contributed by atoms with Crippen molar-refractivity contribution in [2.45, 2.75) is 17.4 Å². The van der Waals surface area contributed by atoms with E-state index < -0.39 is 44.8 Å². The fourth-order valence-corrected chi connectivity index (χ4v) is 2.43. The van der Waals surface area contributed by atoms with Crippen LogP contribution >= 0.6 is 11.6 Å². The molecule has 0 saturated carbocycles. The maximum atomic E-state index is 13.4. The minimum atomic E-state index is -4.34. The highest BCUT2D eigenvalue weighted by Gasteiger charge is 2.24. The van der Waals surface area contributed by atoms with Crippen molar-refractivity contribution in [3.05, 3.63) is 29.0 Å². The highest BCUT2D eigenvalue weighted by Crippen LogP contribution is 2.21. The van der Waals surface area contributed by atoms with Gasteiger partial charge in [-0.05, 0) is 12.1 Å². The van der Waals surface area contributed by atoms with Crippen LogP contribution < -0.4 is 4.72 Å². The summed E-state index contributed by atoms with van der Waals surface area (Å²) in [5.74, 6) is -1.18. The van der Waals surface area contributed by atoms with Gasteiger partial charge in [-0.3, -0.25) is 0 Å². The van der Waals surface area contributed by atoms with Crippen LogP contribution in [0.15, 0.2) is 23.1 Å². The topological polar surface area (TPSA) is 66.4 Å². The first-order valence-corrected chi connectivity index (χ1v) is 6.51. The van der Waals surface area contributed by atoms with E-state index in [2.05, 4.69) is 0 Å². The molecule has 0 saturated heterocycles. The first-order chi connectivity index (χ1) is 8.25. The van der Waals surface area contributed by atoms with Gasteiger partial charge in [0.25, 0.3) is 6.43 Å². The molecule has 1 unspecified atom stereocenters. The van der Waals surface area contributed by atoms with Crippen LogP contribution in [-0.4, -0.2) is 32.6 Å². The largest absolute Gasteiger partial charge is 0.386 e. The number of benzene rings is 1. The molecule has 4 nitrogen and oxygen atoms in total. The Labute approximate surface area is 106 Å². The van der Waals surface area contributed by atoms with Gasteiger partial charge in [0.1, 0.15) is 11.0 Å². The molecule has 9 heteroatoms. The summed E-state index contributed by atoms with van der Waals surface area (Å²) >= 11 is 5.40. The summed E-state index contributed by atoms with van der Waals surface area (Å²) in [4.78, 5) is -0.767. The molecule has 0 heterocycles. The summed E-state index contributed by atoms with van der Waals surface area (Å²) in [7, 11) is -4.34. The molecule has 0 aromatic heterocycles. The maximum Gasteiger partial charge on any atom is 0.265 e. The molecule has 1 aromatic rings. The van der Waals surface area contributed by atoms with Gasteiger partial charge in [0.2, 0.25) is 10.0 Å². The molecule has 2 N–H and O–H groups in total. The Balaban J connectivity index is 2.91. The molecule has 0 radical (unpaired) electrons. The molecule has 0 aliphatic rings. The van der Waals surface area contributed by atoms with Crippen molar-refractivity contribution >= 4 is 21.6 Å². The zero-order valence-electron chi connectivity index (χ0n) is 8.78. The van der Waals surface area contributed by atoms with Crippen LogP contribution in [0.25, 0.3) is 0 Å². The third kappa shape index (κ3) is 3.58. The van der Waals surface area contributed by atoms with E-state index in [0.29, 0.717) is 0 Å². The van der Waals surface area contributed by atoms with Crippen molar-refractivity contribution in [1.82, 2.24) is 4.72 Å². The number of hydrogen-bond donors (Lipinski definition) is 2. The van der Waals surface area contributed by atoms with Gasteiger partial charge in [-0.2, -0.15) is 0 Å². The van der Waals surface area contributed by atoms with E-state index in [1.807, 2.05) is 0 Å². The average Bonchev–Trinajstić information content (AvgIpc) is 2.29. The van der Waals surface area contributed by atoms with Crippen LogP contribution in [0, 0.1) is 5.82 Å². The van der Waals surface area contributed by atoms with Crippen LogP contribution in [0.2, 0.25) is 5.02 Å². The standard InChI is InChI=1S/C9H9ClF3NO3S/c10-5-2-1-3-7(8(5)11)18(16,17)14-4-6(15)9(12)13/h1-3,6,9,14-15H,4H2. The Bertz CT molecular complexity index is 524. The van der Waals surface area contributed by atoms with Crippen molar-refractivity contribution in [2.75, 3.05) is 6.54 Å². The lowest BCUT2D eigenvalue weighted by Gasteiger charge is -2.11. The Morgan fingerprint density at radius 2 is 2.00 bits per heavy atom. The third-order valence-electron chi connectivity index (χ3n) is 1.98. The summed E-state index contributed by atoms with van der Waals surface area (Å²) in [5.41, 5.74) is 0. The van der Waals surface area contributed by atoms with Crippen molar-refractivity contribution in [1.29, 1.82) is 0 Å². The minimum absolute atomic E-state index is 0.410. The van der Waals surface area contributed by atoms with Crippen LogP contribution in [0.4, 0.5) is 13.2 Å². The Hall–Kier alpha value is -0.830. The lowest BCUT2D eigenvalue weighted by Crippen LogP contribution is -2.36. The summed E-state index contributed by atoms with van der Waals surface area (Å²) < 4.78 is 62.2. The SMILES string of the molecule is O=S(=O)(NCC(O)C(F)F)c1cccc(Cl)c1F. The van der Waals surface area contributed by atoms with E-state index in [0.717, 1.165) is 12.1 Å². The van der Waals surface area contributed by atoms with Crippen LogP contribution in [0.5, 0.6) is 0 Å². The van der Waals surface area contributed by atoms with Gasteiger partial charge in [0, 0.05) is 6.54 Å². The molecular formula is C9H9ClF3NO3S. The molecule has 0 fully saturated rings. The quantitative estimate of drug-likeness (QED) is 0.864. The van der Waals surface area contributed by atoms with Gasteiger partial charge in [-0.25, -0.2) is 26.3 Å². The molecule has 18 heavy (non-hydrogen) atoms. The number of aliphatic hydroxyl groups is 1. The molecular weight excluding hydrogens is 295 g/mol. The van der Waals surface area contributed by atoms with Gasteiger partial charge >= 0.3 is 0 Å². The normalized spacial score (nSPS) is 13.9. The number of rotatable bonds is 5. The number of aliphatic hydroxyl groups excluding tert-OH is 1. The highest BCUT2D eigenvalue weighted by atomic mass is 35.5. The van der Waals surface area contributed by atoms with E-state index in [1.165, 1.54) is 6.07 Å². The Morgan fingerprint density at radius 1 is 1.39 bits per heavy atom. The van der Waals surface area contributed by atoms with Gasteiger partial charge < -0.3 is 5.11 Å². The second-order valence-electron chi connectivity index (χ2n) is 3.31. The summed E-state index contributed by atoms with van der Waals surface area (Å²) in [5, 5.41) is 8.35. The van der Waals surface area contributed by atoms with Gasteiger partial charge in [0.05, 0.1) is 5.02 Å². The Kier molecular flexibility index (Phi) is 4.97. The lowest BCUT2D eigenvalue weighted by atomic mass is 10.3. The number of hydrogen-bond acceptors (Lipinski definition) is 3. The predicted molar refractivity (Wildman–Crippen MR) is 58.6 cm³/mol. The van der Waals surface area contributed by atoms with Crippen LogP contribution in [0.1, 0.15) is 0 Å². The summed E-state index contributed by atoms with van der Waals surface area (Å²) in [6.45, 7) is -0.925. The minimum Gasteiger partial charge on any atom is -0.386 e. The molecule has 1 atom stereocenters. The average molecular weight is 304 g/mol. The van der Waals surface area contributed by atoms with E-state index in [1.54, 1.807) is 4.72 Å². The number of nitrogens with one attached hydrogen (secondary N) is 1. The molecule has 102 valence electrons. The molecule has 0 amide bonds. The van der Waals surface area contributed by atoms with E-state index >= 15 is 0 Å². The fraction of sp³-hybridized carbons (Fsp3) is 0.333. The van der Waals surface area contributed by atoms with Gasteiger partial charge in [-0.15, -0.1) is 0 Å². The summed E-state index contributed by atoms with van der Waals surface area (Å²) in [6, 6.07) is 3.27. The van der Waals surface area contributed by atoms with Crippen LogP contribution in [0.3, 0.4) is 0 Å².